The molecule has 0 bridgehead atoms. The third-order valence-electron chi connectivity index (χ3n) is 15.0. The lowest BCUT2D eigenvalue weighted by molar-refractivity contribution is -0.160. The zero-order chi connectivity index (χ0) is 67.8. The minimum atomic E-state index is -1.70. The van der Waals surface area contributed by atoms with Crippen LogP contribution in [0.1, 0.15) is 212 Å². The van der Waals surface area contributed by atoms with Crippen LogP contribution >= 0.6 is 23.2 Å². The molecule has 27 heteroatoms. The number of methoxy groups -OCH3 is 4. The average molecular weight is 1320 g/mol. The highest BCUT2D eigenvalue weighted by molar-refractivity contribution is 6.41. The predicted octanol–water partition coefficient (Wildman–Crippen LogP) is 8.76. The summed E-state index contributed by atoms with van der Waals surface area (Å²) >= 11 is 13.6. The van der Waals surface area contributed by atoms with Crippen LogP contribution in [0.4, 0.5) is 11.4 Å². The number of unbranched alkanes of at least 4 members (excludes halogenated alkanes) is 3. The number of aliphatic hydroxyl groups is 4. The Morgan fingerprint density at radius 1 is 0.467 bits per heavy atom. The number of esters is 6. The molecule has 4 unspecified atom stereocenters. The summed E-state index contributed by atoms with van der Waals surface area (Å²) < 4.78 is 46.7. The van der Waals surface area contributed by atoms with Crippen LogP contribution in [0.2, 0.25) is 10.0 Å². The van der Waals surface area contributed by atoms with Crippen molar-refractivity contribution in [1.82, 2.24) is 0 Å². The van der Waals surface area contributed by atoms with E-state index in [0.29, 0.717) is 56.3 Å². The van der Waals surface area contributed by atoms with Gasteiger partial charge in [0.2, 0.25) is 12.6 Å². The standard InChI is InChI=1S/C65H76Cl2N2O23/c1-64(2,25-27-84-5)91-54(74)19-13-14-20-55(75)92-65(3,4)26-28-88-61(81)43-33-39-41(35-45(43)63(83)90-53(73)18-12-10-16-51(71)86-7)59(79)69(57(39)77)49-24-22-37(31-47(49)67)29-36-21-23-48(46(66)30-36)68-56(76)38-32-42(60(80)87-8)44(34-40(38)58(68)78)62(82)89-52(72)17-11-9-15-50(70)85-6/h21-24,30-35,50-53,70-73H,9-20,25-29H2,1-8H3. The maximum absolute atomic E-state index is 14.3. The Hall–Kier alpha value is -7.72. The van der Waals surface area contributed by atoms with Crippen molar-refractivity contribution in [1.29, 1.82) is 0 Å². The third kappa shape index (κ3) is 19.4. The summed E-state index contributed by atoms with van der Waals surface area (Å²) in [5.74, 6) is -9.24. The molecule has 0 aliphatic carbocycles. The van der Waals surface area contributed by atoms with Crippen molar-refractivity contribution in [2.24, 2.45) is 0 Å². The number of hydrogen-bond acceptors (Lipinski definition) is 23. The maximum atomic E-state index is 14.3. The van der Waals surface area contributed by atoms with Crippen molar-refractivity contribution < 1.29 is 111 Å². The first-order chi connectivity index (χ1) is 43.5. The second-order valence-corrected chi connectivity index (χ2v) is 23.8. The van der Waals surface area contributed by atoms with Gasteiger partial charge in [0.1, 0.15) is 11.2 Å². The Labute approximate surface area is 540 Å². The second-order valence-electron chi connectivity index (χ2n) is 23.0. The molecule has 0 saturated heterocycles. The Kier molecular flexibility index (Phi) is 26.5. The lowest BCUT2D eigenvalue weighted by Crippen LogP contribution is -2.30. The summed E-state index contributed by atoms with van der Waals surface area (Å²) in [6.45, 7) is 6.79. The molecule has 4 N–H and O–H groups in total. The third-order valence-corrected chi connectivity index (χ3v) is 15.6. The van der Waals surface area contributed by atoms with E-state index in [1.54, 1.807) is 46.9 Å². The quantitative estimate of drug-likeness (QED) is 0.0110. The molecule has 92 heavy (non-hydrogen) atoms. The first kappa shape index (κ1) is 73.3. The van der Waals surface area contributed by atoms with Crippen LogP contribution < -0.4 is 9.80 Å². The molecule has 2 aliphatic heterocycles. The molecule has 25 nitrogen and oxygen atoms in total. The van der Waals surface area contributed by atoms with Gasteiger partial charge in [0, 0.05) is 66.5 Å². The number of fused-ring (bicyclic) bond motifs is 2. The summed E-state index contributed by atoms with van der Waals surface area (Å²) in [6.07, 6.45) is -2.23. The lowest BCUT2D eigenvalue weighted by Gasteiger charge is -2.25. The second kappa shape index (κ2) is 33.2. The number of anilines is 2. The fourth-order valence-corrected chi connectivity index (χ4v) is 10.5. The number of amides is 4. The largest absolute Gasteiger partial charge is 0.465 e. The first-order valence-electron chi connectivity index (χ1n) is 29.6. The highest BCUT2D eigenvalue weighted by atomic mass is 35.5. The monoisotopic (exact) mass is 1320 g/mol. The summed E-state index contributed by atoms with van der Waals surface area (Å²) in [7, 11) is 5.24. The van der Waals surface area contributed by atoms with Crippen LogP contribution in [0.3, 0.4) is 0 Å². The Balaban J connectivity index is 1.14. The number of nitrogens with zero attached hydrogens (tertiary/aromatic N) is 2. The predicted molar refractivity (Wildman–Crippen MR) is 328 cm³/mol. The molecule has 0 spiro atoms. The van der Waals surface area contributed by atoms with Gasteiger partial charge in [-0.3, -0.25) is 28.8 Å². The SMILES string of the molecule is COCCC(C)(C)OC(=O)CCCCC(=O)OC(C)(C)CCOC(=O)c1cc2c(cc1C(=O)OC(O)CCCCC(O)OC)C(=O)N(c1ccc(Cc3ccc(N4C(=O)c5cc(C(=O)OC)c(C(=O)OC(O)CCCCC(O)OC)cc5C4=O)c(Cl)c3)cc1Cl)C2=O. The molecule has 0 fully saturated rings. The van der Waals surface area contributed by atoms with Gasteiger partial charge in [-0.15, -0.1) is 0 Å². The lowest BCUT2D eigenvalue weighted by atomic mass is 9.99. The molecule has 2 heterocycles. The normalized spacial score (nSPS) is 14.3. The number of aliphatic hydroxyl groups excluding tert-OH is 4. The van der Waals surface area contributed by atoms with Crippen molar-refractivity contribution in [3.05, 3.63) is 126 Å². The van der Waals surface area contributed by atoms with Gasteiger partial charge in [0.05, 0.1) is 79.6 Å². The van der Waals surface area contributed by atoms with Gasteiger partial charge in [-0.1, -0.05) is 35.3 Å². The smallest absolute Gasteiger partial charge is 0.341 e. The number of hydrogen-bond donors (Lipinski definition) is 4. The minimum Gasteiger partial charge on any atom is -0.465 e. The van der Waals surface area contributed by atoms with Crippen LogP contribution in [-0.4, -0.2) is 158 Å². The summed E-state index contributed by atoms with van der Waals surface area (Å²) in [6, 6.07) is 12.8. The number of imide groups is 2. The fourth-order valence-electron chi connectivity index (χ4n) is 9.89. The first-order valence-corrected chi connectivity index (χ1v) is 30.4. The van der Waals surface area contributed by atoms with Crippen LogP contribution in [0.15, 0.2) is 60.7 Å². The summed E-state index contributed by atoms with van der Waals surface area (Å²) in [4.78, 5) is 137. The van der Waals surface area contributed by atoms with E-state index in [4.69, 9.17) is 65.8 Å². The maximum Gasteiger partial charge on any atom is 0.341 e. The van der Waals surface area contributed by atoms with Gasteiger partial charge in [0.25, 0.3) is 23.6 Å². The molecule has 498 valence electrons. The molecule has 0 aromatic heterocycles. The minimum absolute atomic E-state index is 0.0145. The van der Waals surface area contributed by atoms with Crippen molar-refractivity contribution in [3.8, 4) is 0 Å². The van der Waals surface area contributed by atoms with Crippen LogP contribution in [0.5, 0.6) is 0 Å². The van der Waals surface area contributed by atoms with E-state index >= 15 is 0 Å². The molecule has 2 aliphatic rings. The van der Waals surface area contributed by atoms with Crippen LogP contribution in [0.25, 0.3) is 0 Å². The van der Waals surface area contributed by atoms with Gasteiger partial charge in [0.15, 0.2) is 12.6 Å². The van der Waals surface area contributed by atoms with E-state index in [1.807, 2.05) is 0 Å². The molecule has 4 aromatic carbocycles. The molecular weight excluding hydrogens is 1250 g/mol. The van der Waals surface area contributed by atoms with E-state index in [1.165, 1.54) is 38.5 Å². The van der Waals surface area contributed by atoms with E-state index in [9.17, 15) is 68.4 Å². The van der Waals surface area contributed by atoms with Gasteiger partial charge in [-0.05, 0) is 145 Å². The molecule has 0 saturated carbocycles. The zero-order valence-electron chi connectivity index (χ0n) is 52.3. The molecule has 0 radical (unpaired) electrons. The fraction of sp³-hybridized carbons (Fsp3) is 0.477. The Morgan fingerprint density at radius 3 is 1.16 bits per heavy atom. The van der Waals surface area contributed by atoms with Gasteiger partial charge in [-0.2, -0.15) is 0 Å². The van der Waals surface area contributed by atoms with Crippen molar-refractivity contribution in [2.45, 2.75) is 160 Å². The zero-order valence-corrected chi connectivity index (χ0v) is 53.8. The molecular formula is C65H76Cl2N2O23. The Morgan fingerprint density at radius 2 is 0.815 bits per heavy atom. The summed E-state index contributed by atoms with van der Waals surface area (Å²) in [5.41, 5.74) is -4.04. The van der Waals surface area contributed by atoms with E-state index in [-0.39, 0.29) is 108 Å². The summed E-state index contributed by atoms with van der Waals surface area (Å²) in [5, 5.41) is 40.3. The van der Waals surface area contributed by atoms with Crippen LogP contribution in [0, 0.1) is 0 Å². The van der Waals surface area contributed by atoms with E-state index < -0.39 is 118 Å². The molecule has 4 aromatic rings. The highest BCUT2D eigenvalue weighted by Gasteiger charge is 2.43. The van der Waals surface area contributed by atoms with Crippen molar-refractivity contribution >= 4 is 94.0 Å². The van der Waals surface area contributed by atoms with Crippen molar-refractivity contribution in [2.75, 3.05) is 51.5 Å². The van der Waals surface area contributed by atoms with Gasteiger partial charge >= 0.3 is 35.8 Å². The number of carbonyl (C=O) groups excluding carboxylic acids is 10. The van der Waals surface area contributed by atoms with E-state index in [2.05, 4.69) is 0 Å². The number of rotatable bonds is 35. The topological polar surface area (TPSA) is 341 Å². The number of benzene rings is 4. The average Bonchev–Trinajstić information content (AvgIpc) is 1.60. The van der Waals surface area contributed by atoms with Crippen LogP contribution in [-0.2, 0) is 58.6 Å². The van der Waals surface area contributed by atoms with Crippen molar-refractivity contribution in [3.63, 3.8) is 0 Å². The van der Waals surface area contributed by atoms with Gasteiger partial charge < -0.3 is 63.1 Å². The molecule has 6 rings (SSSR count). The number of ether oxygens (including phenoxy) is 9. The highest BCUT2D eigenvalue weighted by Crippen LogP contribution is 2.39. The number of carbonyl (C=O) groups is 10. The number of halogens is 2. The van der Waals surface area contributed by atoms with Gasteiger partial charge in [-0.25, -0.2) is 29.0 Å². The Bertz CT molecular complexity index is 3420. The molecule has 4 atom stereocenters. The van der Waals surface area contributed by atoms with E-state index in [0.717, 1.165) is 41.2 Å². The molecule has 4 amide bonds.